The third-order valence-corrected chi connectivity index (χ3v) is 3.46. The smallest absolute Gasteiger partial charge is 0.416 e. The first-order valence-electron chi connectivity index (χ1n) is 7.23. The van der Waals surface area contributed by atoms with Gasteiger partial charge >= 0.3 is 6.18 Å². The van der Waals surface area contributed by atoms with Crippen LogP contribution in [-0.2, 0) is 6.18 Å². The van der Waals surface area contributed by atoms with E-state index >= 15 is 0 Å². The van der Waals surface area contributed by atoms with Crippen molar-refractivity contribution in [3.63, 3.8) is 0 Å². The van der Waals surface area contributed by atoms with Crippen molar-refractivity contribution in [2.24, 2.45) is 0 Å². The molecule has 0 bridgehead atoms. The van der Waals surface area contributed by atoms with Crippen LogP contribution >= 0.6 is 0 Å². The van der Waals surface area contributed by atoms with Gasteiger partial charge in [-0.3, -0.25) is 0 Å². The van der Waals surface area contributed by atoms with E-state index in [4.69, 9.17) is 10.5 Å². The van der Waals surface area contributed by atoms with Gasteiger partial charge in [-0.2, -0.15) is 13.2 Å². The lowest BCUT2D eigenvalue weighted by atomic mass is 10.0. The number of halogens is 3. The second-order valence-electron chi connectivity index (χ2n) is 5.25. The first-order valence-corrected chi connectivity index (χ1v) is 7.23. The van der Waals surface area contributed by atoms with Crippen molar-refractivity contribution in [1.29, 1.82) is 0 Å². The van der Waals surface area contributed by atoms with E-state index in [0.717, 1.165) is 23.3 Å². The molecule has 24 heavy (non-hydrogen) atoms. The molecule has 0 aromatic heterocycles. The molecular formula is C19H14F3NO. The highest BCUT2D eigenvalue weighted by Crippen LogP contribution is 2.37. The largest absolute Gasteiger partial charge is 0.457 e. The lowest BCUT2D eigenvalue weighted by molar-refractivity contribution is -0.137. The SMILES string of the molecule is Nc1cc(Oc2ccccc2-c2ccccc2)cc(C(F)(F)F)c1. The maximum absolute atomic E-state index is 12.9. The van der Waals surface area contributed by atoms with Crippen LogP contribution in [0.5, 0.6) is 11.5 Å². The Kier molecular flexibility index (Phi) is 4.16. The fourth-order valence-electron chi connectivity index (χ4n) is 2.38. The van der Waals surface area contributed by atoms with Crippen LogP contribution in [-0.4, -0.2) is 0 Å². The van der Waals surface area contributed by atoms with Gasteiger partial charge in [-0.1, -0.05) is 48.5 Å². The quantitative estimate of drug-likeness (QED) is 0.621. The zero-order valence-electron chi connectivity index (χ0n) is 12.5. The van der Waals surface area contributed by atoms with E-state index in [2.05, 4.69) is 0 Å². The molecular weight excluding hydrogens is 315 g/mol. The number of alkyl halides is 3. The average molecular weight is 329 g/mol. The van der Waals surface area contributed by atoms with Crippen molar-refractivity contribution in [3.8, 4) is 22.6 Å². The van der Waals surface area contributed by atoms with E-state index < -0.39 is 11.7 Å². The number of nitrogens with two attached hydrogens (primary N) is 1. The molecule has 3 aromatic rings. The highest BCUT2D eigenvalue weighted by atomic mass is 19.4. The second kappa shape index (κ2) is 6.28. The normalized spacial score (nSPS) is 11.3. The average Bonchev–Trinajstić information content (AvgIpc) is 2.55. The fourth-order valence-corrected chi connectivity index (χ4v) is 2.38. The van der Waals surface area contributed by atoms with Crippen molar-refractivity contribution >= 4 is 5.69 Å². The van der Waals surface area contributed by atoms with Crippen LogP contribution in [0.1, 0.15) is 5.56 Å². The summed E-state index contributed by atoms with van der Waals surface area (Å²) in [4.78, 5) is 0. The summed E-state index contributed by atoms with van der Waals surface area (Å²) in [6, 6.07) is 19.8. The number of para-hydroxylation sites is 1. The fraction of sp³-hybridized carbons (Fsp3) is 0.0526. The molecule has 0 spiro atoms. The van der Waals surface area contributed by atoms with Crippen LogP contribution in [0, 0.1) is 0 Å². The minimum Gasteiger partial charge on any atom is -0.457 e. The topological polar surface area (TPSA) is 35.2 Å². The van der Waals surface area contributed by atoms with E-state index in [1.54, 1.807) is 12.1 Å². The van der Waals surface area contributed by atoms with Crippen molar-refractivity contribution in [2.75, 3.05) is 5.73 Å². The summed E-state index contributed by atoms with van der Waals surface area (Å²) < 4.78 is 44.5. The van der Waals surface area contributed by atoms with Gasteiger partial charge in [0, 0.05) is 17.3 Å². The van der Waals surface area contributed by atoms with Crippen LogP contribution in [0.2, 0.25) is 0 Å². The summed E-state index contributed by atoms with van der Waals surface area (Å²) in [6.07, 6.45) is -4.48. The molecule has 0 heterocycles. The maximum Gasteiger partial charge on any atom is 0.416 e. The van der Waals surface area contributed by atoms with Crippen LogP contribution in [0.3, 0.4) is 0 Å². The summed E-state index contributed by atoms with van der Waals surface area (Å²) in [6.45, 7) is 0. The summed E-state index contributed by atoms with van der Waals surface area (Å²) >= 11 is 0. The van der Waals surface area contributed by atoms with Crippen molar-refractivity contribution in [1.82, 2.24) is 0 Å². The van der Waals surface area contributed by atoms with E-state index in [1.165, 1.54) is 6.07 Å². The van der Waals surface area contributed by atoms with Gasteiger partial charge in [0.25, 0.3) is 0 Å². The molecule has 0 saturated carbocycles. The molecule has 0 amide bonds. The maximum atomic E-state index is 12.9. The minimum absolute atomic E-state index is 0.00276. The van der Waals surface area contributed by atoms with Crippen molar-refractivity contribution in [3.05, 3.63) is 78.4 Å². The molecule has 5 heteroatoms. The summed E-state index contributed by atoms with van der Waals surface area (Å²) in [7, 11) is 0. The van der Waals surface area contributed by atoms with E-state index in [0.29, 0.717) is 5.75 Å². The third-order valence-electron chi connectivity index (χ3n) is 3.46. The van der Waals surface area contributed by atoms with E-state index in [-0.39, 0.29) is 11.4 Å². The molecule has 2 nitrogen and oxygen atoms in total. The summed E-state index contributed by atoms with van der Waals surface area (Å²) in [5, 5.41) is 0. The molecule has 0 atom stereocenters. The first kappa shape index (κ1) is 15.9. The Balaban J connectivity index is 2.00. The predicted octanol–water partition coefficient (Wildman–Crippen LogP) is 5.75. The molecule has 0 saturated heterocycles. The lowest BCUT2D eigenvalue weighted by Crippen LogP contribution is -2.06. The van der Waals surface area contributed by atoms with Crippen LogP contribution in [0.25, 0.3) is 11.1 Å². The Morgan fingerprint density at radius 1 is 0.792 bits per heavy atom. The summed E-state index contributed by atoms with van der Waals surface area (Å²) in [5.41, 5.74) is 6.43. The van der Waals surface area contributed by atoms with Gasteiger partial charge < -0.3 is 10.5 Å². The molecule has 0 aliphatic heterocycles. The number of ether oxygens (including phenoxy) is 1. The molecule has 0 aliphatic rings. The highest BCUT2D eigenvalue weighted by Gasteiger charge is 2.31. The molecule has 3 aromatic carbocycles. The number of hydrogen-bond donors (Lipinski definition) is 1. The Bertz CT molecular complexity index is 845. The van der Waals surface area contributed by atoms with Gasteiger partial charge in [-0.05, 0) is 23.8 Å². The van der Waals surface area contributed by atoms with E-state index in [1.807, 2.05) is 42.5 Å². The third kappa shape index (κ3) is 3.51. The molecule has 0 fully saturated rings. The second-order valence-corrected chi connectivity index (χ2v) is 5.25. The van der Waals surface area contributed by atoms with Gasteiger partial charge in [0.15, 0.2) is 0 Å². The van der Waals surface area contributed by atoms with Crippen molar-refractivity contribution in [2.45, 2.75) is 6.18 Å². The van der Waals surface area contributed by atoms with Crippen molar-refractivity contribution < 1.29 is 17.9 Å². The molecule has 0 radical (unpaired) electrons. The van der Waals surface area contributed by atoms with Gasteiger partial charge in [-0.25, -0.2) is 0 Å². The zero-order chi connectivity index (χ0) is 17.2. The molecule has 3 rings (SSSR count). The number of anilines is 1. The Hall–Kier alpha value is -2.95. The number of nitrogen functional groups attached to an aromatic ring is 1. The standard InChI is InChI=1S/C19H14F3NO/c20-19(21,22)14-10-15(23)12-16(11-14)24-18-9-5-4-8-17(18)13-6-2-1-3-7-13/h1-12H,23H2. The van der Waals surface area contributed by atoms with Crippen LogP contribution < -0.4 is 10.5 Å². The molecule has 122 valence electrons. The molecule has 0 aliphatic carbocycles. The lowest BCUT2D eigenvalue weighted by Gasteiger charge is -2.14. The number of rotatable bonds is 3. The zero-order valence-corrected chi connectivity index (χ0v) is 12.5. The highest BCUT2D eigenvalue weighted by molar-refractivity contribution is 5.70. The Labute approximate surface area is 137 Å². The Morgan fingerprint density at radius 3 is 2.17 bits per heavy atom. The van der Waals surface area contributed by atoms with E-state index in [9.17, 15) is 13.2 Å². The predicted molar refractivity (Wildman–Crippen MR) is 87.8 cm³/mol. The number of benzene rings is 3. The van der Waals surface area contributed by atoms with Gasteiger partial charge in [0.2, 0.25) is 0 Å². The Morgan fingerprint density at radius 2 is 1.46 bits per heavy atom. The first-order chi connectivity index (χ1) is 11.4. The summed E-state index contributed by atoms with van der Waals surface area (Å²) in [5.74, 6) is 0.508. The number of hydrogen-bond acceptors (Lipinski definition) is 2. The molecule has 2 N–H and O–H groups in total. The van der Waals surface area contributed by atoms with Crippen LogP contribution in [0.4, 0.5) is 18.9 Å². The minimum atomic E-state index is -4.48. The van der Waals surface area contributed by atoms with Crippen LogP contribution in [0.15, 0.2) is 72.8 Å². The van der Waals surface area contributed by atoms with Gasteiger partial charge in [0.1, 0.15) is 11.5 Å². The van der Waals surface area contributed by atoms with Gasteiger partial charge in [0.05, 0.1) is 5.56 Å². The molecule has 0 unspecified atom stereocenters. The monoisotopic (exact) mass is 329 g/mol. The van der Waals surface area contributed by atoms with Gasteiger partial charge in [-0.15, -0.1) is 0 Å².